The van der Waals surface area contributed by atoms with Gasteiger partial charge < -0.3 is 9.84 Å². The predicted octanol–water partition coefficient (Wildman–Crippen LogP) is 3.01. The molecule has 1 aliphatic carbocycles. The van der Waals surface area contributed by atoms with Gasteiger partial charge in [-0.2, -0.15) is 0 Å². The van der Waals surface area contributed by atoms with Crippen LogP contribution in [-0.4, -0.2) is 22.2 Å². The molecule has 0 radical (unpaired) electrons. The van der Waals surface area contributed by atoms with Crippen LogP contribution in [0.15, 0.2) is 35.7 Å². The number of hydrogen-bond donors (Lipinski definition) is 2. The van der Waals surface area contributed by atoms with E-state index in [0.29, 0.717) is 23.7 Å². The van der Waals surface area contributed by atoms with Crippen molar-refractivity contribution in [2.75, 3.05) is 5.32 Å². The lowest BCUT2D eigenvalue weighted by Gasteiger charge is -2.06. The number of carbonyl (C=O) groups excluding carboxylic acids is 1. The first-order valence-corrected chi connectivity index (χ1v) is 7.65. The van der Waals surface area contributed by atoms with Crippen molar-refractivity contribution in [3.63, 3.8) is 0 Å². The van der Waals surface area contributed by atoms with Crippen LogP contribution in [-0.2, 0) is 21.6 Å². The molecule has 0 bridgehead atoms. The molecule has 22 heavy (non-hydrogen) atoms. The molecule has 7 heteroatoms. The van der Waals surface area contributed by atoms with Gasteiger partial charge in [0.1, 0.15) is 12.0 Å². The van der Waals surface area contributed by atoms with E-state index >= 15 is 0 Å². The van der Waals surface area contributed by atoms with Crippen molar-refractivity contribution in [1.82, 2.24) is 4.98 Å². The summed E-state index contributed by atoms with van der Waals surface area (Å²) in [6, 6.07) is 9.34. The molecule has 3 rings (SSSR count). The Kier molecular flexibility index (Phi) is 3.81. The lowest BCUT2D eigenvalue weighted by molar-refractivity contribution is -0.140. The number of carboxylic acid groups (broad SMARTS) is 1. The highest BCUT2D eigenvalue weighted by Crippen LogP contribution is 2.48. The fourth-order valence-corrected chi connectivity index (χ4v) is 2.90. The van der Waals surface area contributed by atoms with Gasteiger partial charge in [-0.15, -0.1) is 11.3 Å². The minimum atomic E-state index is -0.865. The van der Waals surface area contributed by atoms with Crippen LogP contribution in [0.2, 0.25) is 0 Å². The van der Waals surface area contributed by atoms with E-state index in [2.05, 4.69) is 10.3 Å². The van der Waals surface area contributed by atoms with Gasteiger partial charge in [0.2, 0.25) is 0 Å². The van der Waals surface area contributed by atoms with E-state index < -0.39 is 17.5 Å². The standard InChI is InChI=1S/C15H14N2O4S/c18-12(19)15(6-7-15)11-9-22-13(16-11)17-14(20)21-8-10-4-2-1-3-5-10/h1-5,9H,6-8H2,(H,18,19)(H,16,17,20). The third kappa shape index (κ3) is 2.94. The number of aromatic nitrogens is 1. The zero-order valence-corrected chi connectivity index (χ0v) is 12.4. The van der Waals surface area contributed by atoms with E-state index in [-0.39, 0.29) is 6.61 Å². The average molecular weight is 318 g/mol. The van der Waals surface area contributed by atoms with Crippen molar-refractivity contribution in [1.29, 1.82) is 0 Å². The molecule has 1 amide bonds. The van der Waals surface area contributed by atoms with E-state index in [0.717, 1.165) is 5.56 Å². The number of amides is 1. The van der Waals surface area contributed by atoms with Crippen molar-refractivity contribution in [2.45, 2.75) is 24.9 Å². The van der Waals surface area contributed by atoms with E-state index in [1.807, 2.05) is 30.3 Å². The number of benzene rings is 1. The summed E-state index contributed by atoms with van der Waals surface area (Å²) >= 11 is 1.20. The average Bonchev–Trinajstić information content (AvgIpc) is 3.21. The summed E-state index contributed by atoms with van der Waals surface area (Å²) in [4.78, 5) is 27.1. The number of carbonyl (C=O) groups is 2. The minimum absolute atomic E-state index is 0.171. The third-order valence-electron chi connectivity index (χ3n) is 3.58. The SMILES string of the molecule is O=C(Nc1nc(C2(C(=O)O)CC2)cs1)OCc1ccccc1. The third-order valence-corrected chi connectivity index (χ3v) is 4.33. The lowest BCUT2D eigenvalue weighted by atomic mass is 10.1. The van der Waals surface area contributed by atoms with E-state index in [9.17, 15) is 14.7 Å². The summed E-state index contributed by atoms with van der Waals surface area (Å²) in [6.45, 7) is 0.171. The van der Waals surface area contributed by atoms with E-state index in [1.54, 1.807) is 5.38 Å². The maximum absolute atomic E-state index is 11.7. The number of ether oxygens (including phenoxy) is 1. The quantitative estimate of drug-likeness (QED) is 0.884. The van der Waals surface area contributed by atoms with Crippen LogP contribution < -0.4 is 5.32 Å². The number of nitrogens with one attached hydrogen (secondary N) is 1. The maximum Gasteiger partial charge on any atom is 0.413 e. The topological polar surface area (TPSA) is 88.5 Å². The number of carboxylic acids is 1. The summed E-state index contributed by atoms with van der Waals surface area (Å²) in [7, 11) is 0. The van der Waals surface area contributed by atoms with Crippen molar-refractivity contribution < 1.29 is 19.4 Å². The van der Waals surface area contributed by atoms with Crippen LogP contribution in [0.5, 0.6) is 0 Å². The molecule has 0 unspecified atom stereocenters. The van der Waals surface area contributed by atoms with Gasteiger partial charge in [0, 0.05) is 5.38 Å². The van der Waals surface area contributed by atoms with Gasteiger partial charge in [0.15, 0.2) is 5.13 Å². The zero-order valence-electron chi connectivity index (χ0n) is 11.6. The molecular formula is C15H14N2O4S. The lowest BCUT2D eigenvalue weighted by Crippen LogP contribution is -2.20. The highest BCUT2D eigenvalue weighted by atomic mass is 32.1. The molecule has 0 aliphatic heterocycles. The van der Waals surface area contributed by atoms with Gasteiger partial charge in [-0.05, 0) is 18.4 Å². The monoisotopic (exact) mass is 318 g/mol. The van der Waals surface area contributed by atoms with Gasteiger partial charge >= 0.3 is 12.1 Å². The van der Waals surface area contributed by atoms with Crippen LogP contribution in [0, 0.1) is 0 Å². The number of thiazole rings is 1. The molecule has 1 aliphatic rings. The molecule has 0 atom stereocenters. The molecule has 2 aromatic rings. The Balaban J connectivity index is 1.56. The second kappa shape index (κ2) is 5.76. The second-order valence-corrected chi connectivity index (χ2v) is 5.97. The number of nitrogens with zero attached hydrogens (tertiary/aromatic N) is 1. The zero-order chi connectivity index (χ0) is 15.6. The Morgan fingerprint density at radius 3 is 2.68 bits per heavy atom. The first kappa shape index (κ1) is 14.5. The van der Waals surface area contributed by atoms with Crippen molar-refractivity contribution in [3.05, 3.63) is 47.0 Å². The highest BCUT2D eigenvalue weighted by molar-refractivity contribution is 7.14. The smallest absolute Gasteiger partial charge is 0.413 e. The molecule has 6 nitrogen and oxygen atoms in total. The Hall–Kier alpha value is -2.41. The van der Waals surface area contributed by atoms with Crippen molar-refractivity contribution in [3.8, 4) is 0 Å². The predicted molar refractivity (Wildman–Crippen MR) is 80.9 cm³/mol. The fraction of sp³-hybridized carbons (Fsp3) is 0.267. The largest absolute Gasteiger partial charge is 0.481 e. The summed E-state index contributed by atoms with van der Waals surface area (Å²) in [6.07, 6.45) is 0.568. The number of anilines is 1. The molecule has 1 heterocycles. The maximum atomic E-state index is 11.7. The normalized spacial score (nSPS) is 15.1. The van der Waals surface area contributed by atoms with E-state index in [4.69, 9.17) is 4.74 Å². The van der Waals surface area contributed by atoms with Gasteiger partial charge in [-0.25, -0.2) is 9.78 Å². The van der Waals surface area contributed by atoms with Crippen molar-refractivity contribution in [2.24, 2.45) is 0 Å². The highest BCUT2D eigenvalue weighted by Gasteiger charge is 2.53. The molecule has 114 valence electrons. The van der Waals surface area contributed by atoms with Crippen molar-refractivity contribution >= 4 is 28.5 Å². The Labute approximate surface area is 130 Å². The van der Waals surface area contributed by atoms with Gasteiger partial charge in [-0.1, -0.05) is 30.3 Å². The number of aliphatic carboxylic acids is 1. The Morgan fingerprint density at radius 2 is 2.05 bits per heavy atom. The van der Waals surface area contributed by atoms with Crippen LogP contribution in [0.1, 0.15) is 24.1 Å². The Morgan fingerprint density at radius 1 is 1.32 bits per heavy atom. The molecule has 2 N–H and O–H groups in total. The van der Waals surface area contributed by atoms with Gasteiger partial charge in [-0.3, -0.25) is 10.1 Å². The van der Waals surface area contributed by atoms with E-state index in [1.165, 1.54) is 11.3 Å². The summed E-state index contributed by atoms with van der Waals surface area (Å²) in [5.41, 5.74) is 0.535. The van der Waals surface area contributed by atoms with Crippen LogP contribution >= 0.6 is 11.3 Å². The van der Waals surface area contributed by atoms with Crippen LogP contribution in [0.25, 0.3) is 0 Å². The summed E-state index contributed by atoms with van der Waals surface area (Å²) < 4.78 is 5.09. The van der Waals surface area contributed by atoms with Gasteiger partial charge in [0.05, 0.1) is 5.69 Å². The molecule has 1 aromatic heterocycles. The molecule has 0 saturated heterocycles. The van der Waals surface area contributed by atoms with Crippen LogP contribution in [0.4, 0.5) is 9.93 Å². The number of hydrogen-bond acceptors (Lipinski definition) is 5. The second-order valence-electron chi connectivity index (χ2n) is 5.11. The molecule has 0 spiro atoms. The molecule has 1 saturated carbocycles. The summed E-state index contributed by atoms with van der Waals surface area (Å²) in [5.74, 6) is -0.865. The Bertz CT molecular complexity index is 695. The molecular weight excluding hydrogens is 304 g/mol. The van der Waals surface area contributed by atoms with Crippen LogP contribution in [0.3, 0.4) is 0 Å². The molecule has 1 aromatic carbocycles. The first-order chi connectivity index (χ1) is 10.6. The summed E-state index contributed by atoms with van der Waals surface area (Å²) in [5, 5.41) is 13.8. The first-order valence-electron chi connectivity index (χ1n) is 6.77. The fourth-order valence-electron chi connectivity index (χ4n) is 2.10. The molecule has 1 fully saturated rings. The van der Waals surface area contributed by atoms with Gasteiger partial charge in [0.25, 0.3) is 0 Å². The minimum Gasteiger partial charge on any atom is -0.481 e. The number of rotatable bonds is 5.